The first-order valence-electron chi connectivity index (χ1n) is 8.52. The molecule has 0 radical (unpaired) electrons. The lowest BCUT2D eigenvalue weighted by atomic mass is 9.80. The molecular weight excluding hydrogens is 369 g/mol. The second-order valence-electron chi connectivity index (χ2n) is 6.46. The minimum absolute atomic E-state index is 0. The molecule has 2 rings (SSSR count). The summed E-state index contributed by atoms with van der Waals surface area (Å²) in [7, 11) is 1.61. The van der Waals surface area contributed by atoms with Crippen LogP contribution in [-0.4, -0.2) is 67.2 Å². The highest BCUT2D eigenvalue weighted by Gasteiger charge is 2.38. The Morgan fingerprint density at radius 2 is 1.88 bits per heavy atom. The highest BCUT2D eigenvalue weighted by Crippen LogP contribution is 2.34. The van der Waals surface area contributed by atoms with Gasteiger partial charge in [0.1, 0.15) is 0 Å². The van der Waals surface area contributed by atoms with Crippen LogP contribution >= 0.6 is 36.6 Å². The van der Waals surface area contributed by atoms with Gasteiger partial charge in [-0.05, 0) is 12.8 Å². The molecule has 0 aromatic rings. The summed E-state index contributed by atoms with van der Waals surface area (Å²) in [6.45, 7) is 3.48. The van der Waals surface area contributed by atoms with Gasteiger partial charge in [-0.15, -0.1) is 24.8 Å². The van der Waals surface area contributed by atoms with Gasteiger partial charge in [0.25, 0.3) is 0 Å². The third kappa shape index (κ3) is 6.89. The summed E-state index contributed by atoms with van der Waals surface area (Å²) in [4.78, 5) is 14.8. The largest absolute Gasteiger partial charge is 0.380 e. The lowest BCUT2D eigenvalue weighted by Gasteiger charge is -2.48. The van der Waals surface area contributed by atoms with Crippen LogP contribution in [0.4, 0.5) is 0 Å². The van der Waals surface area contributed by atoms with Crippen LogP contribution in [0.5, 0.6) is 0 Å². The van der Waals surface area contributed by atoms with E-state index in [2.05, 4.69) is 10.2 Å². The molecule has 2 aliphatic rings. The van der Waals surface area contributed by atoms with Crippen LogP contribution in [0.2, 0.25) is 0 Å². The second kappa shape index (κ2) is 12.6. The Morgan fingerprint density at radius 3 is 2.42 bits per heavy atom. The van der Waals surface area contributed by atoms with Gasteiger partial charge < -0.3 is 15.8 Å². The van der Waals surface area contributed by atoms with Gasteiger partial charge in [-0.3, -0.25) is 9.69 Å². The van der Waals surface area contributed by atoms with E-state index in [0.29, 0.717) is 13.0 Å². The fraction of sp³-hybridized carbons (Fsp3) is 0.938. The van der Waals surface area contributed by atoms with E-state index in [1.54, 1.807) is 7.11 Å². The predicted octanol–water partition coefficient (Wildman–Crippen LogP) is 2.06. The van der Waals surface area contributed by atoms with Gasteiger partial charge in [0.05, 0.1) is 12.5 Å². The fourth-order valence-electron chi connectivity index (χ4n) is 3.66. The van der Waals surface area contributed by atoms with Crippen LogP contribution in [0.3, 0.4) is 0 Å². The third-order valence-electron chi connectivity index (χ3n) is 5.09. The number of rotatable bonds is 7. The van der Waals surface area contributed by atoms with Crippen molar-refractivity contribution in [2.75, 3.05) is 44.8 Å². The van der Waals surface area contributed by atoms with E-state index in [1.807, 2.05) is 11.8 Å². The van der Waals surface area contributed by atoms with Gasteiger partial charge in [0.15, 0.2) is 0 Å². The summed E-state index contributed by atoms with van der Waals surface area (Å²) in [5.41, 5.74) is 5.78. The van der Waals surface area contributed by atoms with E-state index in [0.717, 1.165) is 19.6 Å². The van der Waals surface area contributed by atoms with E-state index >= 15 is 0 Å². The Bertz CT molecular complexity index is 348. The van der Waals surface area contributed by atoms with Gasteiger partial charge in [-0.2, -0.15) is 11.8 Å². The van der Waals surface area contributed by atoms with Crippen LogP contribution in [0.15, 0.2) is 0 Å². The Hall–Kier alpha value is 0.280. The van der Waals surface area contributed by atoms with Crippen molar-refractivity contribution in [1.82, 2.24) is 10.2 Å². The third-order valence-corrected chi connectivity index (χ3v) is 6.03. The molecule has 1 amide bonds. The zero-order valence-corrected chi connectivity index (χ0v) is 17.1. The molecule has 144 valence electrons. The minimum Gasteiger partial charge on any atom is -0.380 e. The normalized spacial score (nSPS) is 21.9. The lowest BCUT2D eigenvalue weighted by molar-refractivity contribution is -0.124. The molecule has 0 aromatic carbocycles. The molecule has 0 aromatic heterocycles. The summed E-state index contributed by atoms with van der Waals surface area (Å²) < 4.78 is 5.20. The van der Waals surface area contributed by atoms with Crippen molar-refractivity contribution >= 4 is 42.5 Å². The maximum atomic E-state index is 12.2. The van der Waals surface area contributed by atoms with Crippen molar-refractivity contribution in [3.63, 3.8) is 0 Å². The molecular formula is C16H33Cl2N3O2S. The number of hydrogen-bond acceptors (Lipinski definition) is 5. The monoisotopic (exact) mass is 401 g/mol. The Morgan fingerprint density at radius 1 is 1.25 bits per heavy atom. The zero-order chi connectivity index (χ0) is 15.8. The summed E-state index contributed by atoms with van der Waals surface area (Å²) in [5.74, 6) is 2.50. The number of hydrogen-bond donors (Lipinski definition) is 2. The van der Waals surface area contributed by atoms with Crippen molar-refractivity contribution in [3.8, 4) is 0 Å². The summed E-state index contributed by atoms with van der Waals surface area (Å²) in [6.07, 6.45) is 6.50. The van der Waals surface area contributed by atoms with E-state index in [-0.39, 0.29) is 42.4 Å². The number of amides is 1. The molecule has 3 N–H and O–H groups in total. The molecule has 1 aliphatic heterocycles. The van der Waals surface area contributed by atoms with Crippen molar-refractivity contribution in [2.45, 2.75) is 50.2 Å². The molecule has 0 spiro atoms. The Kier molecular flexibility index (Phi) is 12.8. The van der Waals surface area contributed by atoms with Gasteiger partial charge in [0.2, 0.25) is 5.91 Å². The average molecular weight is 402 g/mol. The fourth-order valence-corrected chi connectivity index (χ4v) is 4.56. The number of carbonyl (C=O) groups excluding carboxylic acids is 1. The molecule has 0 bridgehead atoms. The number of ether oxygens (including phenoxy) is 1. The van der Waals surface area contributed by atoms with Crippen LogP contribution in [-0.2, 0) is 9.53 Å². The minimum atomic E-state index is -0.173. The van der Waals surface area contributed by atoms with Crippen molar-refractivity contribution < 1.29 is 9.53 Å². The number of nitrogens with zero attached hydrogens (tertiary/aromatic N) is 1. The number of nitrogens with two attached hydrogens (primary N) is 1. The number of thioether (sulfide) groups is 1. The molecule has 8 heteroatoms. The highest BCUT2D eigenvalue weighted by atomic mass is 35.5. The average Bonchev–Trinajstić information content (AvgIpc) is 2.59. The number of carbonyl (C=O) groups is 1. The second-order valence-corrected chi connectivity index (χ2v) is 7.68. The summed E-state index contributed by atoms with van der Waals surface area (Å²) in [5, 5.41) is 3.17. The van der Waals surface area contributed by atoms with Gasteiger partial charge in [-0.1, -0.05) is 19.3 Å². The number of halogens is 2. The molecule has 1 saturated heterocycles. The smallest absolute Gasteiger partial charge is 0.222 e. The quantitative estimate of drug-likeness (QED) is 0.683. The Labute approximate surface area is 163 Å². The van der Waals surface area contributed by atoms with Crippen molar-refractivity contribution in [1.29, 1.82) is 0 Å². The summed E-state index contributed by atoms with van der Waals surface area (Å²) >= 11 is 2.04. The Balaban J connectivity index is 0.00000264. The molecule has 1 aliphatic carbocycles. The molecule has 1 atom stereocenters. The van der Waals surface area contributed by atoms with Crippen LogP contribution in [0.25, 0.3) is 0 Å². The molecule has 5 nitrogen and oxygen atoms in total. The SMILES string of the molecule is COC(CN)CC(=O)NCC1(N2CCSCC2)CCCCC1.Cl.Cl. The maximum Gasteiger partial charge on any atom is 0.222 e. The maximum absolute atomic E-state index is 12.2. The first kappa shape index (κ1) is 24.3. The van der Waals surface area contributed by atoms with Gasteiger partial charge in [-0.25, -0.2) is 0 Å². The van der Waals surface area contributed by atoms with Gasteiger partial charge >= 0.3 is 0 Å². The number of nitrogens with one attached hydrogen (secondary N) is 1. The van der Waals surface area contributed by atoms with Crippen molar-refractivity contribution in [3.05, 3.63) is 0 Å². The first-order valence-corrected chi connectivity index (χ1v) is 9.68. The predicted molar refractivity (Wildman–Crippen MR) is 107 cm³/mol. The first-order chi connectivity index (χ1) is 10.7. The topological polar surface area (TPSA) is 67.6 Å². The zero-order valence-electron chi connectivity index (χ0n) is 14.6. The van der Waals surface area contributed by atoms with Crippen molar-refractivity contribution in [2.24, 2.45) is 5.73 Å². The van der Waals surface area contributed by atoms with Gasteiger partial charge in [0, 0.05) is 50.3 Å². The van der Waals surface area contributed by atoms with E-state index in [4.69, 9.17) is 10.5 Å². The van der Waals surface area contributed by atoms with Crippen LogP contribution in [0, 0.1) is 0 Å². The van der Waals surface area contributed by atoms with E-state index in [1.165, 1.54) is 43.6 Å². The summed E-state index contributed by atoms with van der Waals surface area (Å²) in [6, 6.07) is 0. The van der Waals surface area contributed by atoms with Crippen LogP contribution < -0.4 is 11.1 Å². The highest BCUT2D eigenvalue weighted by molar-refractivity contribution is 7.99. The van der Waals surface area contributed by atoms with E-state index in [9.17, 15) is 4.79 Å². The molecule has 1 unspecified atom stereocenters. The standard InChI is InChI=1S/C16H31N3O2S.2ClH/c1-21-14(12-17)11-15(20)18-13-16(5-3-2-4-6-16)19-7-9-22-10-8-19;;/h14H,2-13,17H2,1H3,(H,18,20);2*1H. The molecule has 24 heavy (non-hydrogen) atoms. The lowest BCUT2D eigenvalue weighted by Crippen LogP contribution is -2.59. The number of methoxy groups -OCH3 is 1. The molecule has 1 heterocycles. The van der Waals surface area contributed by atoms with Crippen LogP contribution in [0.1, 0.15) is 38.5 Å². The molecule has 1 saturated carbocycles. The molecule has 2 fully saturated rings. The van der Waals surface area contributed by atoms with E-state index < -0.39 is 0 Å².